The van der Waals surface area contributed by atoms with Crippen LogP contribution in [-0.2, 0) is 10.0 Å². The molecule has 4 nitrogen and oxygen atoms in total. The number of pyridine rings is 1. The molecule has 5 heteroatoms. The summed E-state index contributed by atoms with van der Waals surface area (Å²) in [6.07, 6.45) is 0. The summed E-state index contributed by atoms with van der Waals surface area (Å²) in [6.45, 7) is 7.52. The lowest BCUT2D eigenvalue weighted by molar-refractivity contribution is 0.565. The zero-order chi connectivity index (χ0) is 12.3. The lowest BCUT2D eigenvalue weighted by atomic mass is 10.1. The number of hydrogen-bond donors (Lipinski definition) is 1. The van der Waals surface area contributed by atoms with E-state index in [0.717, 1.165) is 5.69 Å². The molecule has 1 rings (SSSR count). The molecular formula is C11H18N2O2S. The SMILES string of the molecule is CC(C)NS(=O)(=O)c1cccc(C(C)C)n1. The second-order valence-corrected chi connectivity index (χ2v) is 5.99. The summed E-state index contributed by atoms with van der Waals surface area (Å²) < 4.78 is 26.2. The fourth-order valence-electron chi connectivity index (χ4n) is 1.27. The molecule has 0 aliphatic heterocycles. The minimum atomic E-state index is -3.48. The third-order valence-corrected chi connectivity index (χ3v) is 3.56. The van der Waals surface area contributed by atoms with Gasteiger partial charge in [-0.15, -0.1) is 0 Å². The molecular weight excluding hydrogens is 224 g/mol. The summed E-state index contributed by atoms with van der Waals surface area (Å²) in [7, 11) is -3.48. The Hall–Kier alpha value is -0.940. The van der Waals surface area contributed by atoms with E-state index >= 15 is 0 Å². The van der Waals surface area contributed by atoms with Crippen LogP contribution in [0.2, 0.25) is 0 Å². The van der Waals surface area contributed by atoms with E-state index in [9.17, 15) is 8.42 Å². The summed E-state index contributed by atoms with van der Waals surface area (Å²) in [5, 5.41) is 0.0902. The Morgan fingerprint density at radius 2 is 1.81 bits per heavy atom. The number of rotatable bonds is 4. The van der Waals surface area contributed by atoms with Crippen LogP contribution in [0, 0.1) is 0 Å². The molecule has 16 heavy (non-hydrogen) atoms. The van der Waals surface area contributed by atoms with E-state index in [1.165, 1.54) is 6.07 Å². The van der Waals surface area contributed by atoms with Crippen molar-refractivity contribution >= 4 is 10.0 Å². The first-order valence-corrected chi connectivity index (χ1v) is 6.80. The van der Waals surface area contributed by atoms with E-state index in [1.807, 2.05) is 19.9 Å². The molecule has 0 aromatic carbocycles. The number of nitrogens with one attached hydrogen (secondary N) is 1. The van der Waals surface area contributed by atoms with Gasteiger partial charge < -0.3 is 0 Å². The Morgan fingerprint density at radius 1 is 1.19 bits per heavy atom. The van der Waals surface area contributed by atoms with E-state index in [1.54, 1.807) is 19.9 Å². The first kappa shape index (κ1) is 13.1. The minimum Gasteiger partial charge on any atom is -0.240 e. The van der Waals surface area contributed by atoms with Crippen LogP contribution in [-0.4, -0.2) is 19.4 Å². The smallest absolute Gasteiger partial charge is 0.240 e. The lowest BCUT2D eigenvalue weighted by Crippen LogP contribution is -2.31. The Morgan fingerprint density at radius 3 is 2.31 bits per heavy atom. The largest absolute Gasteiger partial charge is 0.258 e. The highest BCUT2D eigenvalue weighted by Gasteiger charge is 2.17. The van der Waals surface area contributed by atoms with Gasteiger partial charge in [0.2, 0.25) is 0 Å². The van der Waals surface area contributed by atoms with E-state index in [2.05, 4.69) is 9.71 Å². The molecule has 0 unspecified atom stereocenters. The van der Waals surface area contributed by atoms with Gasteiger partial charge in [-0.2, -0.15) is 0 Å². The van der Waals surface area contributed by atoms with Gasteiger partial charge in [-0.25, -0.2) is 18.1 Å². The van der Waals surface area contributed by atoms with Crippen molar-refractivity contribution in [2.75, 3.05) is 0 Å². The molecule has 0 atom stereocenters. The van der Waals surface area contributed by atoms with Crippen molar-refractivity contribution in [1.82, 2.24) is 9.71 Å². The predicted octanol–water partition coefficient (Wildman–Crippen LogP) is 1.89. The summed E-state index contributed by atoms with van der Waals surface area (Å²) in [5.74, 6) is 0.217. The highest BCUT2D eigenvalue weighted by molar-refractivity contribution is 7.89. The van der Waals surface area contributed by atoms with Crippen molar-refractivity contribution in [3.8, 4) is 0 Å². The average molecular weight is 242 g/mol. The maximum absolute atomic E-state index is 11.8. The quantitative estimate of drug-likeness (QED) is 0.877. The van der Waals surface area contributed by atoms with Gasteiger partial charge in [0.05, 0.1) is 0 Å². The van der Waals surface area contributed by atoms with E-state index in [4.69, 9.17) is 0 Å². The fourth-order valence-corrected chi connectivity index (χ4v) is 2.50. The van der Waals surface area contributed by atoms with Gasteiger partial charge in [0, 0.05) is 11.7 Å². The molecule has 1 N–H and O–H groups in total. The topological polar surface area (TPSA) is 59.1 Å². The second-order valence-electron chi connectivity index (χ2n) is 4.33. The molecule has 0 aliphatic rings. The molecule has 0 fully saturated rings. The maximum atomic E-state index is 11.8. The Balaban J connectivity index is 3.09. The molecule has 0 saturated carbocycles. The van der Waals surface area contributed by atoms with Gasteiger partial charge in [0.15, 0.2) is 5.03 Å². The van der Waals surface area contributed by atoms with Crippen LogP contribution in [0.15, 0.2) is 23.2 Å². The lowest BCUT2D eigenvalue weighted by Gasteiger charge is -2.10. The van der Waals surface area contributed by atoms with Gasteiger partial charge in [-0.05, 0) is 31.9 Å². The zero-order valence-electron chi connectivity index (χ0n) is 10.1. The second kappa shape index (κ2) is 4.93. The highest BCUT2D eigenvalue weighted by Crippen LogP contribution is 2.14. The van der Waals surface area contributed by atoms with E-state index in [0.29, 0.717) is 0 Å². The van der Waals surface area contributed by atoms with Crippen LogP contribution < -0.4 is 4.72 Å². The molecule has 90 valence electrons. The maximum Gasteiger partial charge on any atom is 0.258 e. The minimum absolute atomic E-state index is 0.0902. The molecule has 0 aliphatic carbocycles. The first-order valence-electron chi connectivity index (χ1n) is 5.32. The van der Waals surface area contributed by atoms with Crippen molar-refractivity contribution in [1.29, 1.82) is 0 Å². The predicted molar refractivity (Wildman–Crippen MR) is 63.8 cm³/mol. The first-order chi connectivity index (χ1) is 7.33. The number of hydrogen-bond acceptors (Lipinski definition) is 3. The number of nitrogens with zero attached hydrogens (tertiary/aromatic N) is 1. The van der Waals surface area contributed by atoms with Crippen LogP contribution in [0.5, 0.6) is 0 Å². The Bertz CT molecular complexity index is 453. The zero-order valence-corrected chi connectivity index (χ0v) is 10.9. The molecule has 0 radical (unpaired) electrons. The van der Waals surface area contributed by atoms with Crippen LogP contribution in [0.4, 0.5) is 0 Å². The van der Waals surface area contributed by atoms with Gasteiger partial charge >= 0.3 is 0 Å². The standard InChI is InChI=1S/C11H18N2O2S/c1-8(2)10-6-5-7-11(12-10)16(14,15)13-9(3)4/h5-9,13H,1-4H3. The third-order valence-electron chi connectivity index (χ3n) is 2.00. The highest BCUT2D eigenvalue weighted by atomic mass is 32.2. The molecule has 0 amide bonds. The summed E-state index contributed by atoms with van der Waals surface area (Å²) >= 11 is 0. The number of aromatic nitrogens is 1. The van der Waals surface area contributed by atoms with E-state index < -0.39 is 10.0 Å². The summed E-state index contributed by atoms with van der Waals surface area (Å²) in [6, 6.07) is 4.93. The Labute approximate surface area is 97.2 Å². The van der Waals surface area contributed by atoms with Gasteiger partial charge in [0.1, 0.15) is 0 Å². The molecule has 0 bridgehead atoms. The molecule has 0 saturated heterocycles. The van der Waals surface area contributed by atoms with Crippen LogP contribution >= 0.6 is 0 Å². The third kappa shape index (κ3) is 3.28. The number of sulfonamides is 1. The van der Waals surface area contributed by atoms with Gasteiger partial charge in [-0.3, -0.25) is 0 Å². The summed E-state index contributed by atoms with van der Waals surface area (Å²) in [5.41, 5.74) is 0.784. The van der Waals surface area contributed by atoms with Crippen LogP contribution in [0.1, 0.15) is 39.3 Å². The van der Waals surface area contributed by atoms with Crippen LogP contribution in [0.3, 0.4) is 0 Å². The van der Waals surface area contributed by atoms with Crippen molar-refractivity contribution in [2.45, 2.75) is 44.7 Å². The van der Waals surface area contributed by atoms with Crippen molar-refractivity contribution in [3.63, 3.8) is 0 Å². The Kier molecular flexibility index (Phi) is 4.04. The van der Waals surface area contributed by atoms with Crippen molar-refractivity contribution in [3.05, 3.63) is 23.9 Å². The van der Waals surface area contributed by atoms with Gasteiger partial charge in [-0.1, -0.05) is 19.9 Å². The average Bonchev–Trinajstić information content (AvgIpc) is 2.16. The molecule has 0 spiro atoms. The van der Waals surface area contributed by atoms with Crippen molar-refractivity contribution < 1.29 is 8.42 Å². The molecule has 1 heterocycles. The molecule has 1 aromatic heterocycles. The summed E-state index contributed by atoms with van der Waals surface area (Å²) in [4.78, 5) is 4.15. The van der Waals surface area contributed by atoms with Crippen molar-refractivity contribution in [2.24, 2.45) is 0 Å². The molecule has 1 aromatic rings. The monoisotopic (exact) mass is 242 g/mol. The van der Waals surface area contributed by atoms with Crippen LogP contribution in [0.25, 0.3) is 0 Å². The van der Waals surface area contributed by atoms with Gasteiger partial charge in [0.25, 0.3) is 10.0 Å². The normalized spacial score (nSPS) is 12.4. The fraction of sp³-hybridized carbons (Fsp3) is 0.545. The van der Waals surface area contributed by atoms with E-state index in [-0.39, 0.29) is 17.0 Å².